The Morgan fingerprint density at radius 1 is 1.38 bits per heavy atom. The number of carbonyl (C=O) groups excluding carboxylic acids is 1. The molecule has 26 heavy (non-hydrogen) atoms. The van der Waals surface area contributed by atoms with Gasteiger partial charge in [0.25, 0.3) is 5.91 Å². The average Bonchev–Trinajstić information content (AvgIpc) is 3.25. The summed E-state index contributed by atoms with van der Waals surface area (Å²) < 4.78 is 3.08. The molecule has 136 valence electrons. The van der Waals surface area contributed by atoms with Gasteiger partial charge in [-0.15, -0.1) is 0 Å². The van der Waals surface area contributed by atoms with Crippen LogP contribution in [0.3, 0.4) is 0 Å². The van der Waals surface area contributed by atoms with Gasteiger partial charge >= 0.3 is 5.69 Å². The highest BCUT2D eigenvalue weighted by atomic mass is 16.2. The Bertz CT molecular complexity index is 1010. The molecule has 1 aliphatic rings. The van der Waals surface area contributed by atoms with E-state index in [1.54, 1.807) is 17.9 Å². The van der Waals surface area contributed by atoms with Crippen LogP contribution in [-0.2, 0) is 13.6 Å². The minimum atomic E-state index is -0.101. The van der Waals surface area contributed by atoms with Crippen LogP contribution >= 0.6 is 0 Å². The van der Waals surface area contributed by atoms with Crippen LogP contribution in [0.5, 0.6) is 0 Å². The first-order valence-electron chi connectivity index (χ1n) is 8.94. The molecule has 8 heteroatoms. The maximum Gasteiger partial charge on any atom is 0.345 e. The number of carbonyl (C=O) groups is 1. The maximum atomic E-state index is 13.0. The lowest BCUT2D eigenvalue weighted by molar-refractivity contribution is 0.0703. The van der Waals surface area contributed by atoms with Crippen LogP contribution in [0.25, 0.3) is 11.0 Å². The minimum absolute atomic E-state index is 0.00697. The second-order valence-corrected chi connectivity index (χ2v) is 6.73. The molecule has 1 N–H and O–H groups in total. The number of aryl methyl sites for hydroxylation is 1. The number of hydrogen-bond acceptors (Lipinski definition) is 4. The SMILES string of the molecule is CCn1c([C@@H]2CCCN(C(=O)c3ccc4nc[nH]c4c3)C2)nn(C)c1=O. The van der Waals surface area contributed by atoms with E-state index in [9.17, 15) is 9.59 Å². The summed E-state index contributed by atoms with van der Waals surface area (Å²) in [5.74, 6) is 0.867. The van der Waals surface area contributed by atoms with Gasteiger partial charge in [-0.3, -0.25) is 9.36 Å². The highest BCUT2D eigenvalue weighted by Gasteiger charge is 2.29. The van der Waals surface area contributed by atoms with E-state index in [0.717, 1.165) is 36.2 Å². The van der Waals surface area contributed by atoms with E-state index in [2.05, 4.69) is 15.1 Å². The fraction of sp³-hybridized carbons (Fsp3) is 0.444. The molecule has 2 aromatic heterocycles. The zero-order chi connectivity index (χ0) is 18.3. The van der Waals surface area contributed by atoms with Crippen molar-refractivity contribution in [2.24, 2.45) is 7.05 Å². The first-order valence-corrected chi connectivity index (χ1v) is 8.94. The van der Waals surface area contributed by atoms with Crippen LogP contribution in [0.4, 0.5) is 0 Å². The number of fused-ring (bicyclic) bond motifs is 1. The Hall–Kier alpha value is -2.90. The monoisotopic (exact) mass is 354 g/mol. The summed E-state index contributed by atoms with van der Waals surface area (Å²) >= 11 is 0. The van der Waals surface area contributed by atoms with E-state index in [4.69, 9.17) is 0 Å². The Morgan fingerprint density at radius 2 is 2.23 bits per heavy atom. The molecule has 0 aliphatic carbocycles. The number of piperidine rings is 1. The zero-order valence-electron chi connectivity index (χ0n) is 15.0. The van der Waals surface area contributed by atoms with E-state index in [1.807, 2.05) is 30.0 Å². The molecular weight excluding hydrogens is 332 g/mol. The molecule has 1 fully saturated rings. The fourth-order valence-corrected chi connectivity index (χ4v) is 3.75. The van der Waals surface area contributed by atoms with Crippen LogP contribution in [0.15, 0.2) is 29.3 Å². The third kappa shape index (κ3) is 2.71. The Kier molecular flexibility index (Phi) is 4.10. The maximum absolute atomic E-state index is 13.0. The molecule has 1 aromatic carbocycles. The van der Waals surface area contributed by atoms with Crippen LogP contribution in [0.2, 0.25) is 0 Å². The second kappa shape index (κ2) is 6.44. The standard InChI is InChI=1S/C18H22N6O2/c1-3-24-16(21-22(2)18(24)26)13-5-4-8-23(10-13)17(25)12-6-7-14-15(9-12)20-11-19-14/h6-7,9,11,13H,3-5,8,10H2,1-2H3,(H,19,20)/t13-/m1/s1. The first-order chi connectivity index (χ1) is 12.6. The summed E-state index contributed by atoms with van der Waals surface area (Å²) in [6.07, 6.45) is 3.46. The molecule has 0 radical (unpaired) electrons. The molecule has 1 saturated heterocycles. The quantitative estimate of drug-likeness (QED) is 0.772. The predicted molar refractivity (Wildman–Crippen MR) is 97.1 cm³/mol. The summed E-state index contributed by atoms with van der Waals surface area (Å²) in [6.45, 7) is 3.83. The molecule has 3 aromatic rings. The number of H-pyrrole nitrogens is 1. The lowest BCUT2D eigenvalue weighted by atomic mass is 9.96. The summed E-state index contributed by atoms with van der Waals surface area (Å²) in [6, 6.07) is 5.52. The number of nitrogens with zero attached hydrogens (tertiary/aromatic N) is 5. The second-order valence-electron chi connectivity index (χ2n) is 6.73. The van der Waals surface area contributed by atoms with E-state index in [-0.39, 0.29) is 17.5 Å². The summed E-state index contributed by atoms with van der Waals surface area (Å²) in [5, 5.41) is 4.42. The van der Waals surface area contributed by atoms with Crippen molar-refractivity contribution in [1.82, 2.24) is 29.2 Å². The van der Waals surface area contributed by atoms with Crippen molar-refractivity contribution in [2.45, 2.75) is 32.2 Å². The third-order valence-corrected chi connectivity index (χ3v) is 5.09. The average molecular weight is 354 g/mol. The van der Waals surface area contributed by atoms with Crippen LogP contribution in [0, 0.1) is 0 Å². The molecule has 0 bridgehead atoms. The van der Waals surface area contributed by atoms with E-state index < -0.39 is 0 Å². The fourth-order valence-electron chi connectivity index (χ4n) is 3.75. The van der Waals surface area contributed by atoms with Gasteiger partial charge in [0.1, 0.15) is 5.82 Å². The van der Waals surface area contributed by atoms with Crippen molar-refractivity contribution < 1.29 is 4.79 Å². The number of benzene rings is 1. The summed E-state index contributed by atoms with van der Waals surface area (Å²) in [7, 11) is 1.67. The number of amides is 1. The van der Waals surface area contributed by atoms with Crippen molar-refractivity contribution in [1.29, 1.82) is 0 Å². The van der Waals surface area contributed by atoms with Crippen LogP contribution in [-0.4, -0.2) is 48.2 Å². The van der Waals surface area contributed by atoms with Crippen molar-refractivity contribution in [3.63, 3.8) is 0 Å². The van der Waals surface area contributed by atoms with E-state index >= 15 is 0 Å². The molecule has 0 spiro atoms. The van der Waals surface area contributed by atoms with Crippen molar-refractivity contribution in [3.05, 3.63) is 46.4 Å². The molecule has 1 aliphatic heterocycles. The first kappa shape index (κ1) is 16.6. The lowest BCUT2D eigenvalue weighted by Gasteiger charge is -2.32. The van der Waals surface area contributed by atoms with Crippen LogP contribution < -0.4 is 5.69 Å². The highest BCUT2D eigenvalue weighted by Crippen LogP contribution is 2.26. The van der Waals surface area contributed by atoms with E-state index in [0.29, 0.717) is 18.7 Å². The van der Waals surface area contributed by atoms with Crippen molar-refractivity contribution >= 4 is 16.9 Å². The Morgan fingerprint density at radius 3 is 3.04 bits per heavy atom. The van der Waals surface area contributed by atoms with Crippen molar-refractivity contribution in [2.75, 3.05) is 13.1 Å². The van der Waals surface area contributed by atoms with Crippen LogP contribution in [0.1, 0.15) is 41.9 Å². The zero-order valence-corrected chi connectivity index (χ0v) is 15.0. The predicted octanol–water partition coefficient (Wildman–Crippen LogP) is 1.50. The Labute approximate surface area is 150 Å². The molecule has 0 saturated carbocycles. The smallest absolute Gasteiger partial charge is 0.345 e. The summed E-state index contributed by atoms with van der Waals surface area (Å²) in [5.41, 5.74) is 2.25. The van der Waals surface area contributed by atoms with Crippen molar-refractivity contribution in [3.8, 4) is 0 Å². The number of imidazole rings is 1. The number of likely N-dealkylation sites (tertiary alicyclic amines) is 1. The molecule has 1 atom stereocenters. The van der Waals surface area contributed by atoms with Gasteiger partial charge in [-0.1, -0.05) is 0 Å². The number of aromatic amines is 1. The van der Waals surface area contributed by atoms with Gasteiger partial charge in [0.15, 0.2) is 0 Å². The number of hydrogen-bond donors (Lipinski definition) is 1. The molecule has 3 heterocycles. The number of aromatic nitrogens is 5. The molecule has 0 unspecified atom stereocenters. The van der Waals surface area contributed by atoms with Gasteiger partial charge in [0, 0.05) is 38.2 Å². The molecule has 1 amide bonds. The molecule has 8 nitrogen and oxygen atoms in total. The normalized spacial score (nSPS) is 17.8. The third-order valence-electron chi connectivity index (χ3n) is 5.09. The van der Waals surface area contributed by atoms with E-state index in [1.165, 1.54) is 4.68 Å². The van der Waals surface area contributed by atoms with Gasteiger partial charge in [-0.05, 0) is 38.0 Å². The lowest BCUT2D eigenvalue weighted by Crippen LogP contribution is -2.40. The Balaban J connectivity index is 1.59. The van der Waals surface area contributed by atoms with Gasteiger partial charge < -0.3 is 9.88 Å². The summed E-state index contributed by atoms with van der Waals surface area (Å²) in [4.78, 5) is 34.2. The van der Waals surface area contributed by atoms with Gasteiger partial charge in [0.05, 0.1) is 17.4 Å². The molecular formula is C18H22N6O2. The topological polar surface area (TPSA) is 88.8 Å². The number of rotatable bonds is 3. The van der Waals surface area contributed by atoms with Gasteiger partial charge in [0.2, 0.25) is 0 Å². The van der Waals surface area contributed by atoms with Gasteiger partial charge in [-0.25, -0.2) is 14.5 Å². The minimum Gasteiger partial charge on any atom is -0.345 e. The number of nitrogens with one attached hydrogen (secondary N) is 1. The van der Waals surface area contributed by atoms with Gasteiger partial charge in [-0.2, -0.15) is 5.10 Å². The largest absolute Gasteiger partial charge is 0.345 e. The highest BCUT2D eigenvalue weighted by molar-refractivity contribution is 5.97. The molecule has 4 rings (SSSR count).